The predicted octanol–water partition coefficient (Wildman–Crippen LogP) is 4.45. The highest BCUT2D eigenvalue weighted by Gasteiger charge is 2.25. The molecule has 29 heavy (non-hydrogen) atoms. The number of carbonyl (C=O) groups is 1. The molecule has 1 saturated heterocycles. The van der Waals surface area contributed by atoms with Crippen molar-refractivity contribution >= 4 is 32.8 Å². The molecule has 2 aromatic carbocycles. The van der Waals surface area contributed by atoms with E-state index in [1.165, 1.54) is 12.1 Å². The molecule has 1 amide bonds. The van der Waals surface area contributed by atoms with E-state index in [9.17, 15) is 9.18 Å². The summed E-state index contributed by atoms with van der Waals surface area (Å²) in [6, 6.07) is 12.1. The van der Waals surface area contributed by atoms with Crippen molar-refractivity contribution in [1.82, 2.24) is 10.2 Å². The topological polar surface area (TPSA) is 54.7 Å². The first-order chi connectivity index (χ1) is 14.0. The molecular formula is C22H22BrFN2O3. The van der Waals surface area contributed by atoms with E-state index in [1.54, 1.807) is 6.07 Å². The van der Waals surface area contributed by atoms with Gasteiger partial charge in [0, 0.05) is 35.1 Å². The Morgan fingerprint density at radius 3 is 2.79 bits per heavy atom. The van der Waals surface area contributed by atoms with Crippen LogP contribution in [-0.4, -0.2) is 43.7 Å². The van der Waals surface area contributed by atoms with Crippen LogP contribution in [0.3, 0.4) is 0 Å². The van der Waals surface area contributed by atoms with Crippen LogP contribution in [-0.2, 0) is 4.74 Å². The Morgan fingerprint density at radius 1 is 1.24 bits per heavy atom. The van der Waals surface area contributed by atoms with Crippen molar-refractivity contribution in [1.29, 1.82) is 0 Å². The molecule has 1 fully saturated rings. The fourth-order valence-electron chi connectivity index (χ4n) is 3.74. The van der Waals surface area contributed by atoms with Gasteiger partial charge in [-0.15, -0.1) is 0 Å². The molecule has 1 aromatic heterocycles. The number of halogens is 2. The zero-order valence-corrected chi connectivity index (χ0v) is 17.7. The van der Waals surface area contributed by atoms with E-state index in [0.717, 1.165) is 34.1 Å². The van der Waals surface area contributed by atoms with E-state index in [0.29, 0.717) is 31.1 Å². The Kier molecular flexibility index (Phi) is 5.99. The molecule has 5 nitrogen and oxygen atoms in total. The number of furan rings is 1. The van der Waals surface area contributed by atoms with Gasteiger partial charge in [0.25, 0.3) is 5.91 Å². The maximum atomic E-state index is 13.8. The first-order valence-electron chi connectivity index (χ1n) is 9.57. The fraction of sp³-hybridized carbons (Fsp3) is 0.318. The van der Waals surface area contributed by atoms with Crippen molar-refractivity contribution in [3.63, 3.8) is 0 Å². The number of benzene rings is 2. The van der Waals surface area contributed by atoms with Gasteiger partial charge in [0.05, 0.1) is 19.3 Å². The highest BCUT2D eigenvalue weighted by atomic mass is 79.9. The molecular weight excluding hydrogens is 439 g/mol. The molecule has 3 aromatic rings. The van der Waals surface area contributed by atoms with Gasteiger partial charge < -0.3 is 14.5 Å². The first-order valence-corrected chi connectivity index (χ1v) is 10.4. The van der Waals surface area contributed by atoms with Crippen LogP contribution in [0, 0.1) is 12.7 Å². The second-order valence-corrected chi connectivity index (χ2v) is 8.04. The number of nitrogens with zero attached hydrogens (tertiary/aromatic N) is 1. The van der Waals surface area contributed by atoms with Crippen LogP contribution >= 0.6 is 15.9 Å². The molecule has 4 rings (SSSR count). The van der Waals surface area contributed by atoms with Crippen molar-refractivity contribution < 1.29 is 18.3 Å². The Bertz CT molecular complexity index is 1030. The summed E-state index contributed by atoms with van der Waals surface area (Å²) in [7, 11) is 0. The van der Waals surface area contributed by atoms with Crippen LogP contribution in [0.2, 0.25) is 0 Å². The molecule has 1 unspecified atom stereocenters. The molecule has 1 aliphatic rings. The van der Waals surface area contributed by atoms with Crippen molar-refractivity contribution in [2.75, 3.05) is 32.8 Å². The molecule has 1 atom stereocenters. The minimum atomic E-state index is -0.286. The van der Waals surface area contributed by atoms with E-state index < -0.39 is 0 Å². The maximum Gasteiger partial charge on any atom is 0.287 e. The molecule has 0 bridgehead atoms. The molecule has 0 spiro atoms. The average Bonchev–Trinajstić information content (AvgIpc) is 3.05. The number of carbonyl (C=O) groups excluding carboxylic acids is 1. The van der Waals surface area contributed by atoms with Crippen LogP contribution in [0.5, 0.6) is 0 Å². The van der Waals surface area contributed by atoms with E-state index in [2.05, 4.69) is 26.1 Å². The highest BCUT2D eigenvalue weighted by molar-refractivity contribution is 9.10. The van der Waals surface area contributed by atoms with Gasteiger partial charge in [-0.2, -0.15) is 0 Å². The summed E-state index contributed by atoms with van der Waals surface area (Å²) in [6.45, 7) is 4.93. The zero-order valence-electron chi connectivity index (χ0n) is 16.1. The van der Waals surface area contributed by atoms with E-state index in [-0.39, 0.29) is 17.8 Å². The summed E-state index contributed by atoms with van der Waals surface area (Å²) in [5.41, 5.74) is 2.30. The van der Waals surface area contributed by atoms with Gasteiger partial charge in [0.1, 0.15) is 11.4 Å². The SMILES string of the molecule is Cc1c(C(=O)NCC(c2cccc(F)c2)N2CCOCC2)oc2ccc(Br)cc12. The average molecular weight is 461 g/mol. The van der Waals surface area contributed by atoms with Gasteiger partial charge in [0.15, 0.2) is 5.76 Å². The normalized spacial score (nSPS) is 16.1. The Morgan fingerprint density at radius 2 is 2.03 bits per heavy atom. The number of hydrogen-bond acceptors (Lipinski definition) is 4. The first kappa shape index (κ1) is 20.1. The molecule has 2 heterocycles. The number of hydrogen-bond donors (Lipinski definition) is 1. The van der Waals surface area contributed by atoms with Gasteiger partial charge in [-0.1, -0.05) is 28.1 Å². The minimum Gasteiger partial charge on any atom is -0.451 e. The molecule has 7 heteroatoms. The maximum absolute atomic E-state index is 13.8. The second kappa shape index (κ2) is 8.65. The molecule has 1 N–H and O–H groups in total. The van der Waals surface area contributed by atoms with Gasteiger partial charge in [-0.3, -0.25) is 9.69 Å². The Labute approximate surface area is 176 Å². The Hall–Kier alpha value is -2.22. The monoisotopic (exact) mass is 460 g/mol. The predicted molar refractivity (Wildman–Crippen MR) is 113 cm³/mol. The van der Waals surface area contributed by atoms with Crippen LogP contribution in [0.15, 0.2) is 51.4 Å². The lowest BCUT2D eigenvalue weighted by Gasteiger charge is -2.34. The molecule has 152 valence electrons. The third-order valence-electron chi connectivity index (χ3n) is 5.28. The summed E-state index contributed by atoms with van der Waals surface area (Å²) in [6.07, 6.45) is 0. The van der Waals surface area contributed by atoms with Crippen LogP contribution in [0.4, 0.5) is 4.39 Å². The molecule has 1 aliphatic heterocycles. The van der Waals surface area contributed by atoms with Gasteiger partial charge >= 0.3 is 0 Å². The standard InChI is InChI=1S/C22H22BrFN2O3/c1-14-18-12-16(23)5-6-20(18)29-21(14)22(27)25-13-19(26-7-9-28-10-8-26)15-3-2-4-17(24)11-15/h2-6,11-12,19H,7-10,13H2,1H3,(H,25,27). The number of morpholine rings is 1. The number of rotatable bonds is 5. The van der Waals surface area contributed by atoms with E-state index in [4.69, 9.17) is 9.15 Å². The number of nitrogens with one attached hydrogen (secondary N) is 1. The largest absolute Gasteiger partial charge is 0.451 e. The van der Waals surface area contributed by atoms with E-state index >= 15 is 0 Å². The number of ether oxygens (including phenoxy) is 1. The summed E-state index contributed by atoms with van der Waals surface area (Å²) in [5.74, 6) is -0.256. The number of fused-ring (bicyclic) bond motifs is 1. The van der Waals surface area contributed by atoms with Crippen LogP contribution in [0.1, 0.15) is 27.7 Å². The van der Waals surface area contributed by atoms with Crippen molar-refractivity contribution in [3.05, 3.63) is 69.6 Å². The van der Waals surface area contributed by atoms with Crippen molar-refractivity contribution in [2.45, 2.75) is 13.0 Å². The minimum absolute atomic E-state index is 0.141. The third kappa shape index (κ3) is 4.37. The highest BCUT2D eigenvalue weighted by Crippen LogP contribution is 2.28. The van der Waals surface area contributed by atoms with Crippen LogP contribution in [0.25, 0.3) is 11.0 Å². The lowest BCUT2D eigenvalue weighted by atomic mass is 10.0. The Balaban J connectivity index is 1.55. The number of amides is 1. The van der Waals surface area contributed by atoms with E-state index in [1.807, 2.05) is 31.2 Å². The summed E-state index contributed by atoms with van der Waals surface area (Å²) >= 11 is 3.45. The quantitative estimate of drug-likeness (QED) is 0.611. The van der Waals surface area contributed by atoms with Crippen molar-refractivity contribution in [3.8, 4) is 0 Å². The molecule has 0 aliphatic carbocycles. The summed E-state index contributed by atoms with van der Waals surface area (Å²) < 4.78 is 26.0. The smallest absolute Gasteiger partial charge is 0.287 e. The molecule has 0 saturated carbocycles. The zero-order chi connectivity index (χ0) is 20.4. The lowest BCUT2D eigenvalue weighted by molar-refractivity contribution is 0.0161. The third-order valence-corrected chi connectivity index (χ3v) is 5.77. The van der Waals surface area contributed by atoms with Gasteiger partial charge in [0.2, 0.25) is 0 Å². The molecule has 0 radical (unpaired) electrons. The lowest BCUT2D eigenvalue weighted by Crippen LogP contribution is -2.43. The van der Waals surface area contributed by atoms with Crippen molar-refractivity contribution in [2.24, 2.45) is 0 Å². The van der Waals surface area contributed by atoms with Gasteiger partial charge in [-0.25, -0.2) is 4.39 Å². The fourth-order valence-corrected chi connectivity index (χ4v) is 4.10. The summed E-state index contributed by atoms with van der Waals surface area (Å²) in [4.78, 5) is 15.1. The second-order valence-electron chi connectivity index (χ2n) is 7.13. The summed E-state index contributed by atoms with van der Waals surface area (Å²) in [5, 5.41) is 3.88. The van der Waals surface area contributed by atoms with Crippen LogP contribution < -0.4 is 5.32 Å². The van der Waals surface area contributed by atoms with Gasteiger partial charge in [-0.05, 0) is 42.8 Å². The number of aryl methyl sites for hydroxylation is 1.